The minimum atomic E-state index is -0.416. The number of carbonyl (C=O) groups is 1. The first-order valence-electron chi connectivity index (χ1n) is 9.41. The first-order chi connectivity index (χ1) is 13.1. The van der Waals surface area contributed by atoms with Crippen LogP contribution >= 0.6 is 24.8 Å². The Morgan fingerprint density at radius 1 is 1.21 bits per heavy atom. The largest absolute Gasteiger partial charge is 0.392 e. The van der Waals surface area contributed by atoms with Crippen LogP contribution in [-0.2, 0) is 11.3 Å². The summed E-state index contributed by atoms with van der Waals surface area (Å²) in [6, 6.07) is 7.78. The molecule has 4 rings (SSSR count). The zero-order chi connectivity index (χ0) is 18.8. The normalized spacial score (nSPS) is 22.1. The van der Waals surface area contributed by atoms with Crippen LogP contribution in [0, 0.1) is 6.92 Å². The molecule has 2 aliphatic heterocycles. The number of piperazine rings is 1. The molecule has 0 spiro atoms. The number of hydrogen-bond acceptors (Lipinski definition) is 7. The van der Waals surface area contributed by atoms with Crippen LogP contribution in [0.15, 0.2) is 28.8 Å². The molecule has 8 nitrogen and oxygen atoms in total. The number of aryl methyl sites for hydroxylation is 1. The van der Waals surface area contributed by atoms with Gasteiger partial charge >= 0.3 is 0 Å². The Morgan fingerprint density at radius 3 is 2.52 bits per heavy atom. The molecule has 160 valence electrons. The van der Waals surface area contributed by atoms with Gasteiger partial charge in [0.15, 0.2) is 0 Å². The molecule has 10 heteroatoms. The monoisotopic (exact) mass is 443 g/mol. The third-order valence-corrected chi connectivity index (χ3v) is 5.23. The first-order valence-corrected chi connectivity index (χ1v) is 9.41. The van der Waals surface area contributed by atoms with E-state index in [1.165, 1.54) is 5.56 Å². The van der Waals surface area contributed by atoms with Crippen molar-refractivity contribution in [3.05, 3.63) is 35.7 Å². The second-order valence-corrected chi connectivity index (χ2v) is 7.33. The van der Waals surface area contributed by atoms with Crippen molar-refractivity contribution in [2.45, 2.75) is 32.0 Å². The molecule has 1 aromatic carbocycles. The molecule has 0 bridgehead atoms. The molecule has 0 radical (unpaired) electrons. The van der Waals surface area contributed by atoms with Gasteiger partial charge in [0.25, 0.3) is 0 Å². The third-order valence-electron chi connectivity index (χ3n) is 5.23. The maximum absolute atomic E-state index is 12.5. The fraction of sp³-hybridized carbons (Fsp3) is 0.526. The van der Waals surface area contributed by atoms with E-state index in [1.54, 1.807) is 0 Å². The van der Waals surface area contributed by atoms with Gasteiger partial charge < -0.3 is 19.8 Å². The average Bonchev–Trinajstić information content (AvgIpc) is 3.32. The molecule has 2 atom stereocenters. The number of carbonyl (C=O) groups excluding carboxylic acids is 1. The van der Waals surface area contributed by atoms with E-state index in [-0.39, 0.29) is 36.8 Å². The second kappa shape index (κ2) is 10.4. The van der Waals surface area contributed by atoms with Crippen molar-refractivity contribution < 1.29 is 14.4 Å². The van der Waals surface area contributed by atoms with Gasteiger partial charge in [-0.3, -0.25) is 9.69 Å². The molecule has 1 aromatic heterocycles. The summed E-state index contributed by atoms with van der Waals surface area (Å²) in [5.41, 5.74) is 2.13. The van der Waals surface area contributed by atoms with Crippen LogP contribution in [-0.4, -0.2) is 75.8 Å². The first kappa shape index (κ1) is 23.6. The smallest absolute Gasteiger partial charge is 0.241 e. The van der Waals surface area contributed by atoms with E-state index in [2.05, 4.69) is 20.4 Å². The Labute approximate surface area is 182 Å². The van der Waals surface area contributed by atoms with Crippen LogP contribution in [0.1, 0.15) is 17.9 Å². The Morgan fingerprint density at radius 2 is 1.90 bits per heavy atom. The van der Waals surface area contributed by atoms with Crippen LogP contribution in [0.3, 0.4) is 0 Å². The number of amides is 1. The summed E-state index contributed by atoms with van der Waals surface area (Å²) in [5, 5.41) is 16.7. The fourth-order valence-corrected chi connectivity index (χ4v) is 3.58. The molecule has 0 saturated carbocycles. The van der Waals surface area contributed by atoms with Gasteiger partial charge in [-0.15, -0.1) is 24.8 Å². The molecule has 0 aliphatic carbocycles. The SMILES string of the molecule is Cc1ccc(-c2noc(CN3CCN(C(=O)C4CC(O)CN4)CC3)n2)cc1.Cl.Cl. The molecule has 2 aromatic rings. The minimum absolute atomic E-state index is 0. The number of nitrogens with zero attached hydrogens (tertiary/aromatic N) is 4. The van der Waals surface area contributed by atoms with Crippen molar-refractivity contribution in [3.63, 3.8) is 0 Å². The summed E-state index contributed by atoms with van der Waals surface area (Å²) >= 11 is 0. The van der Waals surface area contributed by atoms with E-state index in [0.29, 0.717) is 44.3 Å². The number of rotatable bonds is 4. The van der Waals surface area contributed by atoms with Crippen molar-refractivity contribution in [3.8, 4) is 11.4 Å². The van der Waals surface area contributed by atoms with E-state index >= 15 is 0 Å². The minimum Gasteiger partial charge on any atom is -0.392 e. The zero-order valence-corrected chi connectivity index (χ0v) is 17.9. The zero-order valence-electron chi connectivity index (χ0n) is 16.3. The number of halogens is 2. The maximum atomic E-state index is 12.5. The molecule has 2 aliphatic rings. The van der Waals surface area contributed by atoms with E-state index in [0.717, 1.165) is 18.7 Å². The van der Waals surface area contributed by atoms with Crippen molar-refractivity contribution in [1.29, 1.82) is 0 Å². The Hall–Kier alpha value is -1.71. The van der Waals surface area contributed by atoms with Crippen LogP contribution in [0.5, 0.6) is 0 Å². The standard InChI is InChI=1S/C19H25N5O3.2ClH/c1-13-2-4-14(5-3-13)18-21-17(27-22-18)12-23-6-8-24(9-7-23)19(26)16-10-15(25)11-20-16;;/h2-5,15-16,20,25H,6-12H2,1H3;2*1H. The molecular weight excluding hydrogens is 417 g/mol. The molecular formula is C19H27Cl2N5O3. The quantitative estimate of drug-likeness (QED) is 0.733. The molecule has 2 saturated heterocycles. The van der Waals surface area contributed by atoms with E-state index < -0.39 is 6.10 Å². The molecule has 2 N–H and O–H groups in total. The molecule has 1 amide bonds. The molecule has 2 fully saturated rings. The lowest BCUT2D eigenvalue weighted by Crippen LogP contribution is -2.52. The van der Waals surface area contributed by atoms with Gasteiger partial charge in [0.2, 0.25) is 17.6 Å². The van der Waals surface area contributed by atoms with Gasteiger partial charge in [-0.05, 0) is 13.3 Å². The topological polar surface area (TPSA) is 94.7 Å². The highest BCUT2D eigenvalue weighted by atomic mass is 35.5. The molecule has 29 heavy (non-hydrogen) atoms. The van der Waals surface area contributed by atoms with E-state index in [4.69, 9.17) is 4.52 Å². The van der Waals surface area contributed by atoms with Crippen molar-refractivity contribution in [2.75, 3.05) is 32.7 Å². The number of hydrogen-bond donors (Lipinski definition) is 2. The summed E-state index contributed by atoms with van der Waals surface area (Å²) in [7, 11) is 0. The highest BCUT2D eigenvalue weighted by Crippen LogP contribution is 2.18. The summed E-state index contributed by atoms with van der Waals surface area (Å²) < 4.78 is 5.40. The van der Waals surface area contributed by atoms with E-state index in [9.17, 15) is 9.90 Å². The second-order valence-electron chi connectivity index (χ2n) is 7.33. The number of aromatic nitrogens is 2. The van der Waals surface area contributed by atoms with Crippen LogP contribution in [0.25, 0.3) is 11.4 Å². The average molecular weight is 444 g/mol. The number of benzene rings is 1. The van der Waals surface area contributed by atoms with Gasteiger partial charge in [-0.2, -0.15) is 4.98 Å². The molecule has 3 heterocycles. The highest BCUT2D eigenvalue weighted by Gasteiger charge is 2.32. The van der Waals surface area contributed by atoms with Crippen LogP contribution < -0.4 is 5.32 Å². The van der Waals surface area contributed by atoms with Crippen molar-refractivity contribution in [2.24, 2.45) is 0 Å². The van der Waals surface area contributed by atoms with Crippen LogP contribution in [0.4, 0.5) is 0 Å². The van der Waals surface area contributed by atoms with Gasteiger partial charge in [0, 0.05) is 38.3 Å². The van der Waals surface area contributed by atoms with Crippen molar-refractivity contribution in [1.82, 2.24) is 25.3 Å². The summed E-state index contributed by atoms with van der Waals surface area (Å²) in [5.74, 6) is 1.28. The lowest BCUT2D eigenvalue weighted by molar-refractivity contribution is -0.135. The Kier molecular flexibility index (Phi) is 8.42. The predicted molar refractivity (Wildman–Crippen MR) is 113 cm³/mol. The number of β-amino-alcohol motifs (C(OH)–C–C–N with tert-alkyl or cyclic N) is 1. The lowest BCUT2D eigenvalue weighted by Gasteiger charge is -2.35. The Bertz CT molecular complexity index is 793. The predicted octanol–water partition coefficient (Wildman–Crippen LogP) is 1.26. The lowest BCUT2D eigenvalue weighted by atomic mass is 10.1. The fourth-order valence-electron chi connectivity index (χ4n) is 3.58. The van der Waals surface area contributed by atoms with E-state index in [1.807, 2.05) is 36.1 Å². The van der Waals surface area contributed by atoms with Gasteiger partial charge in [0.1, 0.15) is 0 Å². The number of nitrogens with one attached hydrogen (secondary N) is 1. The van der Waals surface area contributed by atoms with Gasteiger partial charge in [0.05, 0.1) is 18.7 Å². The number of aliphatic hydroxyl groups is 1. The summed E-state index contributed by atoms with van der Waals surface area (Å²) in [6.07, 6.45) is 0.0866. The summed E-state index contributed by atoms with van der Waals surface area (Å²) in [6.45, 7) is 6.00. The number of aliphatic hydroxyl groups excluding tert-OH is 1. The van der Waals surface area contributed by atoms with Gasteiger partial charge in [-0.25, -0.2) is 0 Å². The van der Waals surface area contributed by atoms with Crippen LogP contribution in [0.2, 0.25) is 0 Å². The summed E-state index contributed by atoms with van der Waals surface area (Å²) in [4.78, 5) is 21.1. The van der Waals surface area contributed by atoms with Gasteiger partial charge in [-0.1, -0.05) is 35.0 Å². The molecule has 2 unspecified atom stereocenters. The highest BCUT2D eigenvalue weighted by molar-refractivity contribution is 5.85. The maximum Gasteiger partial charge on any atom is 0.241 e. The third kappa shape index (κ3) is 5.67. The van der Waals surface area contributed by atoms with Crippen molar-refractivity contribution >= 4 is 30.7 Å². The Balaban J connectivity index is 0.00000150.